The van der Waals surface area contributed by atoms with Crippen molar-refractivity contribution in [1.29, 1.82) is 0 Å². The van der Waals surface area contributed by atoms with Crippen molar-refractivity contribution in [2.24, 2.45) is 0 Å². The first-order valence-corrected chi connectivity index (χ1v) is 5.04. The Labute approximate surface area is 87.7 Å². The van der Waals surface area contributed by atoms with Gasteiger partial charge in [-0.2, -0.15) is 0 Å². The number of amides is 2. The first kappa shape index (κ1) is 11.8. The fraction of sp³-hybridized carbons (Fsp3) is 0.778. The lowest BCUT2D eigenvalue weighted by atomic mass is 9.93. The molecule has 1 aliphatic carbocycles. The van der Waals surface area contributed by atoms with Crippen molar-refractivity contribution >= 4 is 12.0 Å². The Kier molecular flexibility index (Phi) is 4.36. The molecule has 0 aromatic rings. The van der Waals surface area contributed by atoms with Gasteiger partial charge >= 0.3 is 12.0 Å². The van der Waals surface area contributed by atoms with E-state index >= 15 is 0 Å². The molecule has 0 saturated heterocycles. The molecular weight excluding hydrogens is 200 g/mol. The first-order valence-electron chi connectivity index (χ1n) is 5.04. The third-order valence-corrected chi connectivity index (χ3v) is 2.45. The van der Waals surface area contributed by atoms with Crippen LogP contribution in [-0.2, 0) is 4.79 Å². The van der Waals surface area contributed by atoms with Crippen molar-refractivity contribution in [1.82, 2.24) is 10.6 Å². The molecule has 0 bridgehead atoms. The molecule has 1 aliphatic rings. The van der Waals surface area contributed by atoms with Crippen LogP contribution in [-0.4, -0.2) is 40.9 Å². The third-order valence-electron chi connectivity index (χ3n) is 2.45. The van der Waals surface area contributed by atoms with Gasteiger partial charge in [0.05, 0.1) is 12.1 Å². The number of rotatable bonds is 3. The van der Waals surface area contributed by atoms with Crippen LogP contribution >= 0.6 is 0 Å². The number of aliphatic hydroxyl groups excluding tert-OH is 1. The number of aliphatic carboxylic acids is 1. The Morgan fingerprint density at radius 1 is 1.27 bits per heavy atom. The van der Waals surface area contributed by atoms with Gasteiger partial charge in [0.2, 0.25) is 0 Å². The molecule has 15 heavy (non-hydrogen) atoms. The molecule has 1 rings (SSSR count). The minimum absolute atomic E-state index is 0.257. The molecule has 1 saturated carbocycles. The van der Waals surface area contributed by atoms with E-state index < -0.39 is 24.6 Å². The number of hydrogen-bond acceptors (Lipinski definition) is 3. The number of carboxylic acids is 1. The van der Waals surface area contributed by atoms with Crippen LogP contribution in [0.2, 0.25) is 0 Å². The number of nitrogens with one attached hydrogen (secondary N) is 2. The van der Waals surface area contributed by atoms with Crippen LogP contribution in [0.15, 0.2) is 0 Å². The van der Waals surface area contributed by atoms with Gasteiger partial charge in [-0.25, -0.2) is 4.79 Å². The van der Waals surface area contributed by atoms with Crippen molar-refractivity contribution in [3.8, 4) is 0 Å². The summed E-state index contributed by atoms with van der Waals surface area (Å²) in [6.45, 7) is -0.408. The van der Waals surface area contributed by atoms with E-state index in [9.17, 15) is 14.7 Å². The van der Waals surface area contributed by atoms with Crippen molar-refractivity contribution in [2.75, 3.05) is 6.54 Å². The number of urea groups is 1. The summed E-state index contributed by atoms with van der Waals surface area (Å²) >= 11 is 0. The zero-order valence-corrected chi connectivity index (χ0v) is 8.40. The number of carboxylic acid groups (broad SMARTS) is 1. The number of aliphatic hydroxyl groups is 1. The average molecular weight is 216 g/mol. The van der Waals surface area contributed by atoms with E-state index in [4.69, 9.17) is 5.11 Å². The Balaban J connectivity index is 2.26. The summed E-state index contributed by atoms with van der Waals surface area (Å²) < 4.78 is 0. The Bertz CT molecular complexity index is 244. The number of carbonyl (C=O) groups is 2. The van der Waals surface area contributed by atoms with Crippen molar-refractivity contribution in [3.05, 3.63) is 0 Å². The second-order valence-corrected chi connectivity index (χ2v) is 3.68. The molecule has 86 valence electrons. The molecule has 2 unspecified atom stereocenters. The molecule has 0 aromatic heterocycles. The number of carbonyl (C=O) groups excluding carboxylic acids is 1. The van der Waals surface area contributed by atoms with E-state index in [1.807, 2.05) is 0 Å². The molecule has 0 aromatic carbocycles. The van der Waals surface area contributed by atoms with Crippen molar-refractivity contribution in [3.63, 3.8) is 0 Å². The van der Waals surface area contributed by atoms with Gasteiger partial charge in [0.25, 0.3) is 0 Å². The molecule has 1 fully saturated rings. The van der Waals surface area contributed by atoms with Crippen LogP contribution in [0.25, 0.3) is 0 Å². The third kappa shape index (κ3) is 4.16. The molecule has 4 N–H and O–H groups in total. The quantitative estimate of drug-likeness (QED) is 0.519. The largest absolute Gasteiger partial charge is 0.480 e. The highest BCUT2D eigenvalue weighted by atomic mass is 16.4. The monoisotopic (exact) mass is 216 g/mol. The van der Waals surface area contributed by atoms with Gasteiger partial charge in [0.1, 0.15) is 6.54 Å². The van der Waals surface area contributed by atoms with E-state index in [0.29, 0.717) is 6.42 Å². The van der Waals surface area contributed by atoms with E-state index in [2.05, 4.69) is 10.6 Å². The number of hydrogen-bond donors (Lipinski definition) is 4. The summed E-state index contributed by atoms with van der Waals surface area (Å²) in [5, 5.41) is 22.6. The lowest BCUT2D eigenvalue weighted by Gasteiger charge is -2.28. The second kappa shape index (κ2) is 5.55. The molecule has 2 atom stereocenters. The molecule has 0 radical (unpaired) electrons. The van der Waals surface area contributed by atoms with Gasteiger partial charge in [0, 0.05) is 0 Å². The fourth-order valence-electron chi connectivity index (χ4n) is 1.65. The highest BCUT2D eigenvalue weighted by Crippen LogP contribution is 2.17. The summed E-state index contributed by atoms with van der Waals surface area (Å²) in [5.74, 6) is -1.09. The lowest BCUT2D eigenvalue weighted by Crippen LogP contribution is -2.49. The van der Waals surface area contributed by atoms with Crippen LogP contribution in [0.1, 0.15) is 25.7 Å². The maximum atomic E-state index is 11.2. The predicted octanol–water partition coefficient (Wildman–Crippen LogP) is -0.326. The summed E-state index contributed by atoms with van der Waals surface area (Å²) in [6.07, 6.45) is 2.84. The van der Waals surface area contributed by atoms with E-state index in [1.54, 1.807) is 0 Å². The Morgan fingerprint density at radius 2 is 1.93 bits per heavy atom. The lowest BCUT2D eigenvalue weighted by molar-refractivity contribution is -0.135. The summed E-state index contributed by atoms with van der Waals surface area (Å²) in [5.41, 5.74) is 0. The summed E-state index contributed by atoms with van der Waals surface area (Å²) in [6, 6.07) is -0.795. The molecule has 6 nitrogen and oxygen atoms in total. The minimum atomic E-state index is -1.09. The standard InChI is InChI=1S/C9H16N2O4/c12-7-4-2-1-3-6(7)11-9(15)10-5-8(13)14/h6-7,12H,1-5H2,(H,13,14)(H2,10,11,15). The average Bonchev–Trinajstić information content (AvgIpc) is 2.18. The maximum Gasteiger partial charge on any atom is 0.323 e. The SMILES string of the molecule is O=C(O)CNC(=O)NC1CCCCC1O. The van der Waals surface area contributed by atoms with Gasteiger partial charge in [-0.1, -0.05) is 12.8 Å². The molecule has 0 spiro atoms. The van der Waals surface area contributed by atoms with Crippen LogP contribution in [0.5, 0.6) is 0 Å². The van der Waals surface area contributed by atoms with Gasteiger partial charge in [-0.15, -0.1) is 0 Å². The minimum Gasteiger partial charge on any atom is -0.480 e. The molecule has 2 amide bonds. The topological polar surface area (TPSA) is 98.7 Å². The first-order chi connectivity index (χ1) is 7.09. The van der Waals surface area contributed by atoms with Gasteiger partial charge < -0.3 is 20.8 Å². The molecule has 0 aliphatic heterocycles. The van der Waals surface area contributed by atoms with E-state index in [0.717, 1.165) is 19.3 Å². The Hall–Kier alpha value is -1.30. The highest BCUT2D eigenvalue weighted by molar-refractivity contribution is 5.80. The molecule has 6 heteroatoms. The normalized spacial score (nSPS) is 25.7. The van der Waals surface area contributed by atoms with Crippen LogP contribution in [0.4, 0.5) is 4.79 Å². The van der Waals surface area contributed by atoms with Crippen molar-refractivity contribution in [2.45, 2.75) is 37.8 Å². The zero-order chi connectivity index (χ0) is 11.3. The van der Waals surface area contributed by atoms with Gasteiger partial charge in [-0.05, 0) is 12.8 Å². The van der Waals surface area contributed by atoms with E-state index in [1.165, 1.54) is 0 Å². The molecule has 0 heterocycles. The second-order valence-electron chi connectivity index (χ2n) is 3.68. The van der Waals surface area contributed by atoms with Crippen molar-refractivity contribution < 1.29 is 19.8 Å². The van der Waals surface area contributed by atoms with Gasteiger partial charge in [-0.3, -0.25) is 4.79 Å². The maximum absolute atomic E-state index is 11.2. The highest BCUT2D eigenvalue weighted by Gasteiger charge is 2.24. The fourth-order valence-corrected chi connectivity index (χ4v) is 1.65. The van der Waals surface area contributed by atoms with Crippen LogP contribution < -0.4 is 10.6 Å². The van der Waals surface area contributed by atoms with Gasteiger partial charge in [0.15, 0.2) is 0 Å². The predicted molar refractivity (Wildman–Crippen MR) is 52.4 cm³/mol. The smallest absolute Gasteiger partial charge is 0.323 e. The van der Waals surface area contributed by atoms with Crippen LogP contribution in [0.3, 0.4) is 0 Å². The van der Waals surface area contributed by atoms with Crippen LogP contribution in [0, 0.1) is 0 Å². The summed E-state index contributed by atoms with van der Waals surface area (Å²) in [7, 11) is 0. The Morgan fingerprint density at radius 3 is 2.53 bits per heavy atom. The molecular formula is C9H16N2O4. The zero-order valence-electron chi connectivity index (χ0n) is 8.40. The van der Waals surface area contributed by atoms with E-state index in [-0.39, 0.29) is 6.04 Å². The summed E-state index contributed by atoms with van der Waals surface area (Å²) in [4.78, 5) is 21.3.